The maximum Gasteiger partial charge on any atom is 0.417 e. The molecule has 122 valence electrons. The molecular weight excluding hydrogens is 296 g/mol. The number of cyclic esters (lactones) is 1. The summed E-state index contributed by atoms with van der Waals surface area (Å²) in [4.78, 5) is 38.7. The summed E-state index contributed by atoms with van der Waals surface area (Å²) in [6, 6.07) is 7.36. The fourth-order valence-electron chi connectivity index (χ4n) is 3.14. The molecule has 2 aliphatic rings. The van der Waals surface area contributed by atoms with Gasteiger partial charge in [0.2, 0.25) is 0 Å². The van der Waals surface area contributed by atoms with Crippen molar-refractivity contribution in [2.24, 2.45) is 0 Å². The van der Waals surface area contributed by atoms with Gasteiger partial charge in [-0.3, -0.25) is 9.59 Å². The first-order chi connectivity index (χ1) is 11.1. The van der Waals surface area contributed by atoms with Crippen LogP contribution in [0.3, 0.4) is 0 Å². The summed E-state index contributed by atoms with van der Waals surface area (Å²) in [6.07, 6.45) is 2.07. The molecule has 0 saturated carbocycles. The maximum atomic E-state index is 12.5. The van der Waals surface area contributed by atoms with Crippen molar-refractivity contribution in [1.82, 2.24) is 9.80 Å². The number of carbonyl (C=O) groups excluding carboxylic acids is 3. The van der Waals surface area contributed by atoms with Gasteiger partial charge in [-0.25, -0.2) is 9.69 Å². The quantitative estimate of drug-likeness (QED) is 0.850. The summed E-state index contributed by atoms with van der Waals surface area (Å²) in [5.74, 6) is -0.381. The number of nitrogens with zero attached hydrogens (tertiary/aromatic N) is 2. The highest BCUT2D eigenvalue weighted by atomic mass is 16.6. The van der Waals surface area contributed by atoms with Crippen molar-refractivity contribution in [3.63, 3.8) is 0 Å². The number of likely N-dealkylation sites (tertiary alicyclic amines) is 1. The van der Waals surface area contributed by atoms with E-state index in [1.807, 2.05) is 24.3 Å². The minimum Gasteiger partial charge on any atom is -0.439 e. The lowest BCUT2D eigenvalue weighted by molar-refractivity contribution is -0.127. The summed E-state index contributed by atoms with van der Waals surface area (Å²) in [5, 5.41) is 0. The Bertz CT molecular complexity index is 610. The molecule has 6 heteroatoms. The Morgan fingerprint density at radius 2 is 2.00 bits per heavy atom. The third kappa shape index (κ3) is 3.06. The smallest absolute Gasteiger partial charge is 0.417 e. The first-order valence-corrected chi connectivity index (χ1v) is 7.97. The highest BCUT2D eigenvalue weighted by Gasteiger charge is 2.41. The molecule has 0 aliphatic carbocycles. The summed E-state index contributed by atoms with van der Waals surface area (Å²) >= 11 is 0. The zero-order chi connectivity index (χ0) is 16.4. The van der Waals surface area contributed by atoms with Crippen molar-refractivity contribution in [2.75, 3.05) is 19.7 Å². The highest BCUT2D eigenvalue weighted by Crippen LogP contribution is 2.22. The van der Waals surface area contributed by atoms with E-state index in [1.165, 1.54) is 5.56 Å². The van der Waals surface area contributed by atoms with Crippen molar-refractivity contribution < 1.29 is 19.1 Å². The van der Waals surface area contributed by atoms with Gasteiger partial charge in [0.25, 0.3) is 11.8 Å². The topological polar surface area (TPSA) is 66.9 Å². The number of hydrogen-bond acceptors (Lipinski definition) is 4. The summed E-state index contributed by atoms with van der Waals surface area (Å²) < 4.78 is 4.74. The van der Waals surface area contributed by atoms with Gasteiger partial charge >= 0.3 is 6.09 Å². The molecule has 1 unspecified atom stereocenters. The first-order valence-electron chi connectivity index (χ1n) is 7.97. The third-order valence-electron chi connectivity index (χ3n) is 4.34. The van der Waals surface area contributed by atoms with Crippen LogP contribution in [0.1, 0.15) is 35.7 Å². The van der Waals surface area contributed by atoms with Gasteiger partial charge < -0.3 is 9.64 Å². The molecule has 6 nitrogen and oxygen atoms in total. The lowest BCUT2D eigenvalue weighted by atomic mass is 10.1. The normalized spacial score (nSPS) is 21.0. The second-order valence-electron chi connectivity index (χ2n) is 5.96. The Morgan fingerprint density at radius 3 is 2.61 bits per heavy atom. The molecule has 0 N–H and O–H groups in total. The second-order valence-corrected chi connectivity index (χ2v) is 5.96. The number of imide groups is 1. The summed E-state index contributed by atoms with van der Waals surface area (Å²) in [6.45, 7) is 2.84. The standard InChI is InChI=1S/C17H20N2O4/c1-2-3-12-4-6-13(7-5-12)16(21)18-9-8-14(10-18)19-15(20)11-23-17(19)22/h4-7,14H,2-3,8-11H2,1H3. The van der Waals surface area contributed by atoms with Gasteiger partial charge in [-0.05, 0) is 30.5 Å². The number of rotatable bonds is 4. The van der Waals surface area contributed by atoms with Gasteiger partial charge in [-0.1, -0.05) is 25.5 Å². The Kier molecular flexibility index (Phi) is 4.32. The van der Waals surface area contributed by atoms with Crippen LogP contribution in [-0.2, 0) is 16.0 Å². The van der Waals surface area contributed by atoms with Crippen LogP contribution < -0.4 is 0 Å². The SMILES string of the molecule is CCCc1ccc(C(=O)N2CCC(N3C(=O)COC3=O)C2)cc1. The predicted octanol–water partition coefficient (Wildman–Crippen LogP) is 1.83. The molecule has 2 saturated heterocycles. The maximum absolute atomic E-state index is 12.5. The Balaban J connectivity index is 1.65. The third-order valence-corrected chi connectivity index (χ3v) is 4.34. The van der Waals surface area contributed by atoms with Crippen LogP contribution in [0, 0.1) is 0 Å². The van der Waals surface area contributed by atoms with Gasteiger partial charge in [0, 0.05) is 18.7 Å². The van der Waals surface area contributed by atoms with Crippen LogP contribution in [0.5, 0.6) is 0 Å². The van der Waals surface area contributed by atoms with E-state index < -0.39 is 6.09 Å². The van der Waals surface area contributed by atoms with Gasteiger partial charge in [0.05, 0.1) is 6.04 Å². The van der Waals surface area contributed by atoms with Crippen LogP contribution in [-0.4, -0.2) is 53.4 Å². The lowest BCUT2D eigenvalue weighted by Crippen LogP contribution is -2.42. The highest BCUT2D eigenvalue weighted by molar-refractivity contribution is 5.98. The van der Waals surface area contributed by atoms with E-state index in [0.29, 0.717) is 25.1 Å². The molecule has 3 rings (SSSR count). The molecule has 2 heterocycles. The van der Waals surface area contributed by atoms with E-state index in [4.69, 9.17) is 4.74 Å². The molecule has 1 aromatic rings. The van der Waals surface area contributed by atoms with Gasteiger partial charge in [0.1, 0.15) is 0 Å². The van der Waals surface area contributed by atoms with Crippen molar-refractivity contribution in [3.05, 3.63) is 35.4 Å². The number of hydrogen-bond donors (Lipinski definition) is 0. The van der Waals surface area contributed by atoms with E-state index in [0.717, 1.165) is 17.7 Å². The molecule has 23 heavy (non-hydrogen) atoms. The number of benzene rings is 1. The van der Waals surface area contributed by atoms with Crippen molar-refractivity contribution in [2.45, 2.75) is 32.2 Å². The second kappa shape index (κ2) is 6.40. The fraction of sp³-hybridized carbons (Fsp3) is 0.471. The van der Waals surface area contributed by atoms with Gasteiger partial charge in [-0.2, -0.15) is 0 Å². The van der Waals surface area contributed by atoms with E-state index in [-0.39, 0.29) is 24.5 Å². The zero-order valence-electron chi connectivity index (χ0n) is 13.2. The average Bonchev–Trinajstić information content (AvgIpc) is 3.14. The molecule has 3 amide bonds. The number of ether oxygens (including phenoxy) is 1. The molecule has 0 bridgehead atoms. The average molecular weight is 316 g/mol. The van der Waals surface area contributed by atoms with Gasteiger partial charge in [0.15, 0.2) is 6.61 Å². The first kappa shape index (κ1) is 15.5. The van der Waals surface area contributed by atoms with Crippen LogP contribution in [0.2, 0.25) is 0 Å². The summed E-state index contributed by atoms with van der Waals surface area (Å²) in [7, 11) is 0. The number of amides is 3. The molecular formula is C17H20N2O4. The minimum atomic E-state index is -0.599. The van der Waals surface area contributed by atoms with Crippen LogP contribution in [0.15, 0.2) is 24.3 Å². The van der Waals surface area contributed by atoms with Crippen LogP contribution in [0.25, 0.3) is 0 Å². The number of carbonyl (C=O) groups is 3. The predicted molar refractivity (Wildman–Crippen MR) is 82.9 cm³/mol. The van der Waals surface area contributed by atoms with Crippen molar-refractivity contribution in [1.29, 1.82) is 0 Å². The van der Waals surface area contributed by atoms with Crippen molar-refractivity contribution in [3.8, 4) is 0 Å². The molecule has 2 fully saturated rings. The minimum absolute atomic E-state index is 0.0597. The van der Waals surface area contributed by atoms with E-state index in [1.54, 1.807) is 4.90 Å². The van der Waals surface area contributed by atoms with E-state index in [2.05, 4.69) is 6.92 Å². The monoisotopic (exact) mass is 316 g/mol. The molecule has 2 aliphatic heterocycles. The lowest BCUT2D eigenvalue weighted by Gasteiger charge is -2.20. The zero-order valence-corrected chi connectivity index (χ0v) is 13.2. The fourth-order valence-corrected chi connectivity index (χ4v) is 3.14. The Morgan fingerprint density at radius 1 is 1.26 bits per heavy atom. The molecule has 1 aromatic carbocycles. The summed E-state index contributed by atoms with van der Waals surface area (Å²) in [5.41, 5.74) is 1.86. The molecule has 0 radical (unpaired) electrons. The Labute approximate surface area is 135 Å². The van der Waals surface area contributed by atoms with E-state index >= 15 is 0 Å². The molecule has 0 spiro atoms. The largest absolute Gasteiger partial charge is 0.439 e. The molecule has 0 aromatic heterocycles. The van der Waals surface area contributed by atoms with Crippen LogP contribution in [0.4, 0.5) is 4.79 Å². The van der Waals surface area contributed by atoms with Crippen LogP contribution >= 0.6 is 0 Å². The number of aryl methyl sites for hydroxylation is 1. The van der Waals surface area contributed by atoms with Crippen molar-refractivity contribution >= 4 is 17.9 Å². The van der Waals surface area contributed by atoms with E-state index in [9.17, 15) is 14.4 Å². The Hall–Kier alpha value is -2.37. The molecule has 1 atom stereocenters. The van der Waals surface area contributed by atoms with Gasteiger partial charge in [-0.15, -0.1) is 0 Å².